The molecular formula is C14H15BrN2O2. The SMILES string of the molecule is CC(C)(C)OC(=O)Nc1ccc2cc(Br)ccc2n1. The van der Waals surface area contributed by atoms with Crippen molar-refractivity contribution in [2.45, 2.75) is 26.4 Å². The molecule has 100 valence electrons. The lowest BCUT2D eigenvalue weighted by Gasteiger charge is -2.19. The fourth-order valence-electron chi connectivity index (χ4n) is 1.57. The van der Waals surface area contributed by atoms with Crippen LogP contribution in [0.4, 0.5) is 10.6 Å². The zero-order valence-corrected chi connectivity index (χ0v) is 12.6. The van der Waals surface area contributed by atoms with E-state index in [9.17, 15) is 4.79 Å². The van der Waals surface area contributed by atoms with Crippen molar-refractivity contribution in [2.75, 3.05) is 5.32 Å². The Bertz CT molecular complexity index is 620. The Labute approximate surface area is 120 Å². The van der Waals surface area contributed by atoms with Gasteiger partial charge in [-0.3, -0.25) is 5.32 Å². The van der Waals surface area contributed by atoms with E-state index < -0.39 is 11.7 Å². The van der Waals surface area contributed by atoms with Crippen LogP contribution in [0.5, 0.6) is 0 Å². The fourth-order valence-corrected chi connectivity index (χ4v) is 1.95. The van der Waals surface area contributed by atoms with Crippen LogP contribution in [0.15, 0.2) is 34.8 Å². The fraction of sp³-hybridized carbons (Fsp3) is 0.286. The standard InChI is InChI=1S/C14H15BrN2O2/c1-14(2,3)19-13(18)17-12-7-4-9-8-10(15)5-6-11(9)16-12/h4-8H,1-3H3,(H,16,17,18). The average Bonchev–Trinajstić information content (AvgIpc) is 2.26. The van der Waals surface area contributed by atoms with Gasteiger partial charge >= 0.3 is 6.09 Å². The molecule has 2 aromatic rings. The first kappa shape index (κ1) is 13.8. The first-order chi connectivity index (χ1) is 8.83. The van der Waals surface area contributed by atoms with Crippen molar-refractivity contribution < 1.29 is 9.53 Å². The molecular weight excluding hydrogens is 308 g/mol. The molecule has 0 spiro atoms. The molecule has 0 unspecified atom stereocenters. The number of anilines is 1. The van der Waals surface area contributed by atoms with Gasteiger partial charge in [0, 0.05) is 9.86 Å². The van der Waals surface area contributed by atoms with Crippen molar-refractivity contribution in [3.63, 3.8) is 0 Å². The van der Waals surface area contributed by atoms with E-state index >= 15 is 0 Å². The van der Waals surface area contributed by atoms with E-state index in [1.165, 1.54) is 0 Å². The second kappa shape index (κ2) is 5.17. The number of ether oxygens (including phenoxy) is 1. The molecule has 0 radical (unpaired) electrons. The van der Waals surface area contributed by atoms with Gasteiger partial charge in [0.25, 0.3) is 0 Å². The molecule has 0 aliphatic heterocycles. The van der Waals surface area contributed by atoms with E-state index in [-0.39, 0.29) is 0 Å². The summed E-state index contributed by atoms with van der Waals surface area (Å²) in [5.74, 6) is 0.476. The van der Waals surface area contributed by atoms with Crippen molar-refractivity contribution in [1.82, 2.24) is 4.98 Å². The summed E-state index contributed by atoms with van der Waals surface area (Å²) in [6, 6.07) is 9.42. The number of pyridine rings is 1. The minimum Gasteiger partial charge on any atom is -0.444 e. The lowest BCUT2D eigenvalue weighted by Crippen LogP contribution is -2.27. The Kier molecular flexibility index (Phi) is 3.75. The molecule has 0 saturated heterocycles. The number of amides is 1. The van der Waals surface area contributed by atoms with Crippen LogP contribution in [-0.4, -0.2) is 16.7 Å². The van der Waals surface area contributed by atoms with Crippen LogP contribution in [0.2, 0.25) is 0 Å². The molecule has 1 N–H and O–H groups in total. The number of hydrogen-bond donors (Lipinski definition) is 1. The van der Waals surface area contributed by atoms with Crippen molar-refractivity contribution in [3.05, 3.63) is 34.8 Å². The van der Waals surface area contributed by atoms with Crippen molar-refractivity contribution >= 4 is 38.7 Å². The van der Waals surface area contributed by atoms with Crippen LogP contribution in [-0.2, 0) is 4.74 Å². The van der Waals surface area contributed by atoms with Crippen molar-refractivity contribution in [2.24, 2.45) is 0 Å². The molecule has 5 heteroatoms. The molecule has 1 aromatic carbocycles. The van der Waals surface area contributed by atoms with Gasteiger partial charge in [-0.05, 0) is 51.1 Å². The van der Waals surface area contributed by atoms with E-state index in [4.69, 9.17) is 4.74 Å². The minimum absolute atomic E-state index is 0.476. The number of nitrogens with zero attached hydrogens (tertiary/aromatic N) is 1. The van der Waals surface area contributed by atoms with Crippen LogP contribution in [0.3, 0.4) is 0 Å². The molecule has 19 heavy (non-hydrogen) atoms. The van der Waals surface area contributed by atoms with Crippen LogP contribution in [0.1, 0.15) is 20.8 Å². The van der Waals surface area contributed by atoms with Crippen LogP contribution >= 0.6 is 15.9 Å². The molecule has 0 saturated carbocycles. The number of fused-ring (bicyclic) bond motifs is 1. The first-order valence-electron chi connectivity index (χ1n) is 5.90. The molecule has 1 aromatic heterocycles. The summed E-state index contributed by atoms with van der Waals surface area (Å²) in [6.07, 6.45) is -0.503. The molecule has 0 atom stereocenters. The largest absolute Gasteiger partial charge is 0.444 e. The molecule has 0 aliphatic carbocycles. The van der Waals surface area contributed by atoms with Gasteiger partial charge < -0.3 is 4.74 Å². The normalized spacial score (nSPS) is 11.4. The predicted molar refractivity (Wildman–Crippen MR) is 79.3 cm³/mol. The maximum atomic E-state index is 11.6. The van der Waals surface area contributed by atoms with Gasteiger partial charge in [-0.15, -0.1) is 0 Å². The number of halogens is 1. The Morgan fingerprint density at radius 3 is 2.68 bits per heavy atom. The molecule has 0 aliphatic rings. The minimum atomic E-state index is -0.522. The van der Waals surface area contributed by atoms with E-state index in [1.54, 1.807) is 6.07 Å². The average molecular weight is 323 g/mol. The van der Waals surface area contributed by atoms with Crippen LogP contribution in [0, 0.1) is 0 Å². The summed E-state index contributed by atoms with van der Waals surface area (Å²) in [4.78, 5) is 16.0. The highest BCUT2D eigenvalue weighted by molar-refractivity contribution is 9.10. The topological polar surface area (TPSA) is 51.2 Å². The van der Waals surface area contributed by atoms with Gasteiger partial charge in [-0.2, -0.15) is 0 Å². The Balaban J connectivity index is 2.18. The molecule has 0 fully saturated rings. The molecule has 4 nitrogen and oxygen atoms in total. The Morgan fingerprint density at radius 1 is 1.26 bits per heavy atom. The highest BCUT2D eigenvalue weighted by Gasteiger charge is 2.16. The zero-order chi connectivity index (χ0) is 14.0. The maximum Gasteiger partial charge on any atom is 0.413 e. The molecule has 1 amide bonds. The van der Waals surface area contributed by atoms with E-state index in [0.717, 1.165) is 15.4 Å². The van der Waals surface area contributed by atoms with Crippen LogP contribution in [0.25, 0.3) is 10.9 Å². The van der Waals surface area contributed by atoms with Gasteiger partial charge in [0.15, 0.2) is 0 Å². The summed E-state index contributed by atoms with van der Waals surface area (Å²) in [5, 5.41) is 3.63. The predicted octanol–water partition coefficient (Wildman–Crippen LogP) is 4.34. The third kappa shape index (κ3) is 3.92. The maximum absolute atomic E-state index is 11.6. The Morgan fingerprint density at radius 2 is 2.00 bits per heavy atom. The summed E-state index contributed by atoms with van der Waals surface area (Å²) in [7, 11) is 0. The highest BCUT2D eigenvalue weighted by Crippen LogP contribution is 2.20. The monoisotopic (exact) mass is 322 g/mol. The van der Waals surface area contributed by atoms with Gasteiger partial charge in [-0.1, -0.05) is 15.9 Å². The number of carbonyl (C=O) groups excluding carboxylic acids is 1. The smallest absolute Gasteiger partial charge is 0.413 e. The van der Waals surface area contributed by atoms with E-state index in [0.29, 0.717) is 5.82 Å². The van der Waals surface area contributed by atoms with E-state index in [2.05, 4.69) is 26.2 Å². The van der Waals surface area contributed by atoms with Gasteiger partial charge in [0.05, 0.1) is 5.52 Å². The second-order valence-electron chi connectivity index (χ2n) is 5.16. The number of carbonyl (C=O) groups is 1. The number of benzene rings is 1. The lowest BCUT2D eigenvalue weighted by molar-refractivity contribution is 0.0635. The van der Waals surface area contributed by atoms with Crippen LogP contribution < -0.4 is 5.32 Å². The Hall–Kier alpha value is -1.62. The van der Waals surface area contributed by atoms with Gasteiger partial charge in [0.1, 0.15) is 11.4 Å². The quantitative estimate of drug-likeness (QED) is 0.849. The molecule has 0 bridgehead atoms. The summed E-state index contributed by atoms with van der Waals surface area (Å²) in [5.41, 5.74) is 0.294. The first-order valence-corrected chi connectivity index (χ1v) is 6.69. The summed E-state index contributed by atoms with van der Waals surface area (Å²) >= 11 is 3.41. The summed E-state index contributed by atoms with van der Waals surface area (Å²) < 4.78 is 6.17. The number of aromatic nitrogens is 1. The second-order valence-corrected chi connectivity index (χ2v) is 6.08. The van der Waals surface area contributed by atoms with Crippen molar-refractivity contribution in [3.8, 4) is 0 Å². The highest BCUT2D eigenvalue weighted by atomic mass is 79.9. The molecule has 2 rings (SSSR count). The number of hydrogen-bond acceptors (Lipinski definition) is 3. The number of nitrogens with one attached hydrogen (secondary N) is 1. The third-order valence-electron chi connectivity index (χ3n) is 2.28. The summed E-state index contributed by atoms with van der Waals surface area (Å²) in [6.45, 7) is 5.45. The van der Waals surface area contributed by atoms with Crippen molar-refractivity contribution in [1.29, 1.82) is 0 Å². The van der Waals surface area contributed by atoms with E-state index in [1.807, 2.05) is 45.0 Å². The van der Waals surface area contributed by atoms with Gasteiger partial charge in [0.2, 0.25) is 0 Å². The number of rotatable bonds is 1. The zero-order valence-electron chi connectivity index (χ0n) is 11.0. The third-order valence-corrected chi connectivity index (χ3v) is 2.77. The molecule has 1 heterocycles. The van der Waals surface area contributed by atoms with Gasteiger partial charge in [-0.25, -0.2) is 9.78 Å². The lowest BCUT2D eigenvalue weighted by atomic mass is 10.2.